The van der Waals surface area contributed by atoms with Gasteiger partial charge in [0.2, 0.25) is 0 Å². The summed E-state index contributed by atoms with van der Waals surface area (Å²) in [7, 11) is 0. The fraction of sp³-hybridized carbons (Fsp3) is 0.118. The van der Waals surface area contributed by atoms with Crippen LogP contribution in [0.2, 0.25) is 0 Å². The Labute approximate surface area is 129 Å². The van der Waals surface area contributed by atoms with Crippen molar-refractivity contribution >= 4 is 16.9 Å². The number of hydrogen-bond donors (Lipinski definition) is 1. The third-order valence-electron chi connectivity index (χ3n) is 3.70. The summed E-state index contributed by atoms with van der Waals surface area (Å²) in [5.41, 5.74) is 1.35. The monoisotopic (exact) mass is 319 g/mol. The molecular weight excluding hydrogens is 307 g/mol. The van der Waals surface area contributed by atoms with E-state index in [1.165, 1.54) is 12.1 Å². The third kappa shape index (κ3) is 2.67. The molecule has 0 aliphatic rings. The number of hydrogen-bond acceptors (Lipinski definition) is 1. The molecule has 0 atom stereocenters. The van der Waals surface area contributed by atoms with Crippen LogP contribution in [0.25, 0.3) is 10.9 Å². The Bertz CT molecular complexity index is 931. The number of aromatic carboxylic acids is 1. The number of rotatable bonds is 3. The van der Waals surface area contributed by atoms with Gasteiger partial charge in [0.15, 0.2) is 11.6 Å². The van der Waals surface area contributed by atoms with E-state index in [4.69, 9.17) is 0 Å². The minimum atomic E-state index is -1.25. The lowest BCUT2D eigenvalue weighted by atomic mass is 10.1. The number of aromatic nitrogens is 1. The van der Waals surface area contributed by atoms with Gasteiger partial charge in [-0.1, -0.05) is 6.07 Å². The molecule has 118 valence electrons. The molecule has 0 spiro atoms. The van der Waals surface area contributed by atoms with E-state index >= 15 is 0 Å². The van der Waals surface area contributed by atoms with Crippen molar-refractivity contribution < 1.29 is 23.1 Å². The van der Waals surface area contributed by atoms with Gasteiger partial charge in [-0.05, 0) is 42.3 Å². The molecule has 1 aromatic heterocycles. The molecule has 3 nitrogen and oxygen atoms in total. The molecule has 2 aromatic carbocycles. The smallest absolute Gasteiger partial charge is 0.337 e. The molecule has 0 saturated heterocycles. The molecule has 0 saturated carbocycles. The van der Waals surface area contributed by atoms with Crippen LogP contribution in [0.15, 0.2) is 36.5 Å². The largest absolute Gasteiger partial charge is 0.478 e. The number of fused-ring (bicyclic) bond motifs is 1. The quantitative estimate of drug-likeness (QED) is 0.789. The van der Waals surface area contributed by atoms with E-state index < -0.39 is 23.4 Å². The number of carboxylic acid groups (broad SMARTS) is 1. The minimum Gasteiger partial charge on any atom is -0.478 e. The highest BCUT2D eigenvalue weighted by molar-refractivity contribution is 6.03. The normalized spacial score (nSPS) is 11.1. The van der Waals surface area contributed by atoms with Gasteiger partial charge < -0.3 is 9.67 Å². The topological polar surface area (TPSA) is 42.2 Å². The van der Waals surface area contributed by atoms with Crippen molar-refractivity contribution in [2.45, 2.75) is 13.5 Å². The van der Waals surface area contributed by atoms with Crippen molar-refractivity contribution in [3.63, 3.8) is 0 Å². The second kappa shape index (κ2) is 5.46. The molecule has 0 radical (unpaired) electrons. The molecule has 0 fully saturated rings. The first-order valence-corrected chi connectivity index (χ1v) is 6.83. The molecule has 1 heterocycles. The minimum absolute atomic E-state index is 0.146. The van der Waals surface area contributed by atoms with Gasteiger partial charge in [-0.2, -0.15) is 0 Å². The molecule has 3 rings (SSSR count). The van der Waals surface area contributed by atoms with Gasteiger partial charge in [-0.3, -0.25) is 0 Å². The van der Waals surface area contributed by atoms with Crippen LogP contribution in [0, 0.1) is 24.4 Å². The van der Waals surface area contributed by atoms with Crippen LogP contribution in [-0.2, 0) is 6.54 Å². The van der Waals surface area contributed by atoms with Gasteiger partial charge >= 0.3 is 5.97 Å². The first-order chi connectivity index (χ1) is 10.9. The summed E-state index contributed by atoms with van der Waals surface area (Å²) < 4.78 is 41.5. The zero-order valence-electron chi connectivity index (χ0n) is 12.1. The van der Waals surface area contributed by atoms with E-state index in [1.54, 1.807) is 17.7 Å². The molecule has 0 aliphatic carbocycles. The average Bonchev–Trinajstić information content (AvgIpc) is 2.78. The predicted octanol–water partition coefficient (Wildman–Crippen LogP) is 4.11. The van der Waals surface area contributed by atoms with Crippen LogP contribution in [0.1, 0.15) is 21.5 Å². The highest BCUT2D eigenvalue weighted by atomic mass is 19.2. The fourth-order valence-electron chi connectivity index (χ4n) is 2.70. The summed E-state index contributed by atoms with van der Waals surface area (Å²) in [5, 5.41) is 9.77. The molecule has 6 heteroatoms. The Morgan fingerprint density at radius 2 is 1.87 bits per heavy atom. The predicted molar refractivity (Wildman–Crippen MR) is 79.1 cm³/mol. The summed E-state index contributed by atoms with van der Waals surface area (Å²) >= 11 is 0. The Hall–Kier alpha value is -2.76. The zero-order valence-corrected chi connectivity index (χ0v) is 12.1. The van der Waals surface area contributed by atoms with Crippen LogP contribution in [0.4, 0.5) is 13.2 Å². The average molecular weight is 319 g/mol. The lowest BCUT2D eigenvalue weighted by molar-refractivity contribution is 0.0698. The van der Waals surface area contributed by atoms with Crippen molar-refractivity contribution in [2.24, 2.45) is 0 Å². The summed E-state index contributed by atoms with van der Waals surface area (Å²) in [4.78, 5) is 11.4. The molecule has 3 aromatic rings. The number of benzene rings is 2. The lowest BCUT2D eigenvalue weighted by Gasteiger charge is -2.08. The number of carbonyl (C=O) groups is 1. The van der Waals surface area contributed by atoms with Gasteiger partial charge in [-0.15, -0.1) is 0 Å². The Morgan fingerprint density at radius 3 is 2.52 bits per heavy atom. The second-order valence-corrected chi connectivity index (χ2v) is 5.34. The molecule has 1 N–H and O–H groups in total. The van der Waals surface area contributed by atoms with Gasteiger partial charge in [-0.25, -0.2) is 18.0 Å². The van der Waals surface area contributed by atoms with Crippen molar-refractivity contribution in [3.8, 4) is 0 Å². The van der Waals surface area contributed by atoms with Crippen LogP contribution >= 0.6 is 0 Å². The van der Waals surface area contributed by atoms with Crippen LogP contribution < -0.4 is 0 Å². The van der Waals surface area contributed by atoms with Crippen molar-refractivity contribution in [2.75, 3.05) is 0 Å². The van der Waals surface area contributed by atoms with Gasteiger partial charge in [0.05, 0.1) is 11.1 Å². The summed E-state index contributed by atoms with van der Waals surface area (Å²) in [5.74, 6) is -3.81. The number of halogens is 3. The number of carboxylic acids is 1. The summed E-state index contributed by atoms with van der Waals surface area (Å²) in [6, 6.07) is 5.70. The van der Waals surface area contributed by atoms with Crippen LogP contribution in [-0.4, -0.2) is 15.6 Å². The highest BCUT2D eigenvalue weighted by Gasteiger charge is 2.17. The maximum Gasteiger partial charge on any atom is 0.337 e. The fourth-order valence-corrected chi connectivity index (χ4v) is 2.70. The highest BCUT2D eigenvalue weighted by Crippen LogP contribution is 2.27. The van der Waals surface area contributed by atoms with E-state index in [-0.39, 0.29) is 12.1 Å². The van der Waals surface area contributed by atoms with E-state index in [2.05, 4.69) is 0 Å². The lowest BCUT2D eigenvalue weighted by Crippen LogP contribution is -2.05. The Kier molecular flexibility index (Phi) is 3.60. The zero-order chi connectivity index (χ0) is 16.7. The van der Waals surface area contributed by atoms with E-state index in [0.717, 1.165) is 18.2 Å². The SMILES string of the molecule is Cc1cn(Cc2ccc(F)c(F)c2)c2c(C(=O)O)cc(F)cc12. The maximum absolute atomic E-state index is 13.6. The van der Waals surface area contributed by atoms with Gasteiger partial charge in [0.1, 0.15) is 5.82 Å². The molecule has 0 aliphatic heterocycles. The number of aryl methyl sites for hydroxylation is 1. The van der Waals surface area contributed by atoms with Crippen molar-refractivity contribution in [3.05, 3.63) is 70.7 Å². The van der Waals surface area contributed by atoms with Crippen molar-refractivity contribution in [1.29, 1.82) is 0 Å². The first kappa shape index (κ1) is 15.1. The molecule has 0 bridgehead atoms. The Morgan fingerprint density at radius 1 is 1.13 bits per heavy atom. The molecule has 23 heavy (non-hydrogen) atoms. The molecule has 0 amide bonds. The summed E-state index contributed by atoms with van der Waals surface area (Å²) in [6.07, 6.45) is 1.66. The maximum atomic E-state index is 13.6. The van der Waals surface area contributed by atoms with E-state index in [9.17, 15) is 23.1 Å². The Balaban J connectivity index is 2.17. The second-order valence-electron chi connectivity index (χ2n) is 5.34. The molecular formula is C17H12F3NO2. The summed E-state index contributed by atoms with van der Waals surface area (Å²) in [6.45, 7) is 1.88. The van der Waals surface area contributed by atoms with Crippen molar-refractivity contribution in [1.82, 2.24) is 4.57 Å². The van der Waals surface area contributed by atoms with Crippen LogP contribution in [0.5, 0.6) is 0 Å². The van der Waals surface area contributed by atoms with E-state index in [0.29, 0.717) is 22.0 Å². The number of nitrogens with zero attached hydrogens (tertiary/aromatic N) is 1. The first-order valence-electron chi connectivity index (χ1n) is 6.83. The van der Waals surface area contributed by atoms with Gasteiger partial charge in [0.25, 0.3) is 0 Å². The molecule has 0 unspecified atom stereocenters. The van der Waals surface area contributed by atoms with Gasteiger partial charge in [0, 0.05) is 18.1 Å². The van der Waals surface area contributed by atoms with Crippen LogP contribution in [0.3, 0.4) is 0 Å². The third-order valence-corrected chi connectivity index (χ3v) is 3.70. The standard InChI is InChI=1S/C17H12F3NO2/c1-9-7-21(8-10-2-3-14(19)15(20)4-10)16-12(9)5-11(18)6-13(16)17(22)23/h2-7H,8H2,1H3,(H,22,23). The van der Waals surface area contributed by atoms with E-state index in [1.807, 2.05) is 0 Å².